The molecule has 33 heavy (non-hydrogen) atoms. The number of aryl methyl sites for hydroxylation is 1. The Bertz CT molecular complexity index is 968. The second-order valence-corrected chi connectivity index (χ2v) is 9.13. The highest BCUT2D eigenvalue weighted by atomic mass is 19.1. The normalized spacial score (nSPS) is 19.3. The number of hydrogen-bond acceptors (Lipinski definition) is 3. The van der Waals surface area contributed by atoms with Crippen LogP contribution >= 0.6 is 0 Å². The quantitative estimate of drug-likeness (QED) is 0.664. The Kier molecular flexibility index (Phi) is 7.31. The third-order valence-corrected chi connectivity index (χ3v) is 7.16. The van der Waals surface area contributed by atoms with Gasteiger partial charge in [-0.1, -0.05) is 24.6 Å². The van der Waals surface area contributed by atoms with Gasteiger partial charge >= 0.3 is 0 Å². The van der Waals surface area contributed by atoms with Gasteiger partial charge in [-0.15, -0.1) is 0 Å². The summed E-state index contributed by atoms with van der Waals surface area (Å²) >= 11 is 0. The van der Waals surface area contributed by atoms with Crippen molar-refractivity contribution < 1.29 is 18.7 Å². The smallest absolute Gasteiger partial charge is 0.253 e. The molecule has 1 spiro atoms. The molecule has 176 valence electrons. The molecule has 0 bridgehead atoms. The van der Waals surface area contributed by atoms with Crippen molar-refractivity contribution in [2.45, 2.75) is 45.4 Å². The molecule has 0 N–H and O–H groups in total. The molecule has 2 aliphatic heterocycles. The minimum Gasteiger partial charge on any atom is -0.491 e. The van der Waals surface area contributed by atoms with E-state index in [1.807, 2.05) is 30.0 Å². The molecule has 0 radical (unpaired) electrons. The summed E-state index contributed by atoms with van der Waals surface area (Å²) in [5, 5.41) is 0. The lowest BCUT2D eigenvalue weighted by Gasteiger charge is -2.43. The number of hydrogen-bond donors (Lipinski definition) is 0. The van der Waals surface area contributed by atoms with Crippen LogP contribution in [0.4, 0.5) is 4.39 Å². The molecule has 2 aliphatic rings. The minimum absolute atomic E-state index is 0.0946. The van der Waals surface area contributed by atoms with Crippen molar-refractivity contribution in [3.05, 3.63) is 65.5 Å². The van der Waals surface area contributed by atoms with E-state index in [-0.39, 0.29) is 17.6 Å². The number of benzene rings is 2. The van der Waals surface area contributed by atoms with Gasteiger partial charge in [-0.25, -0.2) is 4.39 Å². The van der Waals surface area contributed by atoms with Gasteiger partial charge in [0, 0.05) is 25.2 Å². The van der Waals surface area contributed by atoms with Crippen LogP contribution in [0, 0.1) is 11.2 Å². The lowest BCUT2D eigenvalue weighted by Crippen LogP contribution is -2.52. The standard InChI is InChI=1S/C27H33FN2O3/c1-2-29-19-20-33-24-9-4-3-7-21(24)8-5-6-14-27(26(29)32)15-17-30(18-16-27)25(31)22-10-12-23(28)13-11-22/h3-4,7,9-13H,2,5-6,8,14-20H2,1H3. The van der Waals surface area contributed by atoms with Crippen molar-refractivity contribution in [2.75, 3.05) is 32.8 Å². The van der Waals surface area contributed by atoms with Gasteiger partial charge in [0.2, 0.25) is 5.91 Å². The number of likely N-dealkylation sites (N-methyl/N-ethyl adjacent to an activating group) is 1. The Labute approximate surface area is 195 Å². The number of amides is 2. The number of likely N-dealkylation sites (tertiary alicyclic amines) is 1. The topological polar surface area (TPSA) is 49.9 Å². The molecule has 0 aliphatic carbocycles. The second-order valence-electron chi connectivity index (χ2n) is 9.13. The van der Waals surface area contributed by atoms with E-state index in [0.717, 1.165) is 31.4 Å². The molecular formula is C27H33FN2O3. The molecule has 5 nitrogen and oxygen atoms in total. The van der Waals surface area contributed by atoms with Gasteiger partial charge < -0.3 is 14.5 Å². The fourth-order valence-electron chi connectivity index (χ4n) is 5.12. The Morgan fingerprint density at radius 2 is 1.73 bits per heavy atom. The van der Waals surface area contributed by atoms with Crippen LogP contribution < -0.4 is 4.74 Å². The molecule has 1 fully saturated rings. The largest absolute Gasteiger partial charge is 0.491 e. The van der Waals surface area contributed by atoms with Gasteiger partial charge in [0.15, 0.2) is 0 Å². The number of fused-ring (bicyclic) bond motifs is 1. The van der Waals surface area contributed by atoms with Gasteiger partial charge in [-0.3, -0.25) is 9.59 Å². The average Bonchev–Trinajstić information content (AvgIpc) is 2.84. The van der Waals surface area contributed by atoms with E-state index in [1.165, 1.54) is 29.8 Å². The summed E-state index contributed by atoms with van der Waals surface area (Å²) in [6.45, 7) is 4.77. The molecular weight excluding hydrogens is 419 g/mol. The van der Waals surface area contributed by atoms with Crippen LogP contribution in [-0.4, -0.2) is 54.4 Å². The van der Waals surface area contributed by atoms with Crippen molar-refractivity contribution in [1.29, 1.82) is 0 Å². The van der Waals surface area contributed by atoms with E-state index in [1.54, 1.807) is 4.90 Å². The second kappa shape index (κ2) is 10.4. The first-order valence-electron chi connectivity index (χ1n) is 12.1. The lowest BCUT2D eigenvalue weighted by atomic mass is 9.73. The number of rotatable bonds is 2. The first kappa shape index (κ1) is 23.3. The van der Waals surface area contributed by atoms with Crippen LogP contribution in [0.3, 0.4) is 0 Å². The van der Waals surface area contributed by atoms with E-state index < -0.39 is 5.41 Å². The molecule has 0 aromatic heterocycles. The molecule has 0 unspecified atom stereocenters. The summed E-state index contributed by atoms with van der Waals surface area (Å²) in [4.78, 5) is 30.3. The number of para-hydroxylation sites is 1. The first-order chi connectivity index (χ1) is 16.0. The van der Waals surface area contributed by atoms with Crippen LogP contribution in [0.1, 0.15) is 54.9 Å². The van der Waals surface area contributed by atoms with Gasteiger partial charge in [0.05, 0.1) is 12.0 Å². The van der Waals surface area contributed by atoms with Gasteiger partial charge in [-0.2, -0.15) is 0 Å². The highest BCUT2D eigenvalue weighted by Gasteiger charge is 2.43. The first-order valence-corrected chi connectivity index (χ1v) is 12.1. The molecule has 2 aromatic rings. The Morgan fingerprint density at radius 3 is 2.45 bits per heavy atom. The number of piperidine rings is 1. The van der Waals surface area contributed by atoms with Gasteiger partial charge in [0.25, 0.3) is 5.91 Å². The van der Waals surface area contributed by atoms with Crippen molar-refractivity contribution in [3.8, 4) is 5.75 Å². The van der Waals surface area contributed by atoms with E-state index in [4.69, 9.17) is 4.74 Å². The zero-order valence-electron chi connectivity index (χ0n) is 19.4. The van der Waals surface area contributed by atoms with Crippen LogP contribution in [0.2, 0.25) is 0 Å². The summed E-state index contributed by atoms with van der Waals surface area (Å²) in [5.74, 6) is 0.664. The van der Waals surface area contributed by atoms with Crippen molar-refractivity contribution in [1.82, 2.24) is 9.80 Å². The molecule has 2 aromatic carbocycles. The Hall–Kier alpha value is -2.89. The maximum absolute atomic E-state index is 13.7. The van der Waals surface area contributed by atoms with Crippen LogP contribution in [0.25, 0.3) is 0 Å². The van der Waals surface area contributed by atoms with Crippen molar-refractivity contribution >= 4 is 11.8 Å². The predicted octanol–water partition coefficient (Wildman–Crippen LogP) is 4.70. The summed E-state index contributed by atoms with van der Waals surface area (Å²) in [6.07, 6.45) is 5.06. The zero-order chi connectivity index (χ0) is 23.3. The van der Waals surface area contributed by atoms with Crippen LogP contribution in [-0.2, 0) is 11.2 Å². The third-order valence-electron chi connectivity index (χ3n) is 7.16. The molecule has 1 saturated heterocycles. The van der Waals surface area contributed by atoms with Crippen LogP contribution in [0.15, 0.2) is 48.5 Å². The Morgan fingerprint density at radius 1 is 1.00 bits per heavy atom. The van der Waals surface area contributed by atoms with E-state index in [2.05, 4.69) is 6.07 Å². The minimum atomic E-state index is -0.436. The van der Waals surface area contributed by atoms with Gasteiger partial charge in [0.1, 0.15) is 18.2 Å². The summed E-state index contributed by atoms with van der Waals surface area (Å²) in [6, 6.07) is 13.9. The SMILES string of the molecule is CCN1CCOc2ccccc2CCCCC2(CCN(C(=O)c3ccc(F)cc3)CC2)C1=O. The third kappa shape index (κ3) is 5.21. The summed E-state index contributed by atoms with van der Waals surface area (Å²) in [7, 11) is 0. The van der Waals surface area contributed by atoms with E-state index >= 15 is 0 Å². The average molecular weight is 453 g/mol. The maximum atomic E-state index is 13.7. The number of carbonyl (C=O) groups is 2. The fraction of sp³-hybridized carbons (Fsp3) is 0.481. The Balaban J connectivity index is 1.48. The highest BCUT2D eigenvalue weighted by Crippen LogP contribution is 2.39. The molecule has 0 atom stereocenters. The fourth-order valence-corrected chi connectivity index (χ4v) is 5.12. The van der Waals surface area contributed by atoms with E-state index in [9.17, 15) is 14.0 Å². The van der Waals surface area contributed by atoms with Crippen LogP contribution in [0.5, 0.6) is 5.75 Å². The zero-order valence-corrected chi connectivity index (χ0v) is 19.4. The number of nitrogens with zero attached hydrogens (tertiary/aromatic N) is 2. The summed E-state index contributed by atoms with van der Waals surface area (Å²) < 4.78 is 19.3. The maximum Gasteiger partial charge on any atom is 0.253 e. The van der Waals surface area contributed by atoms with Crippen molar-refractivity contribution in [2.24, 2.45) is 5.41 Å². The van der Waals surface area contributed by atoms with Crippen molar-refractivity contribution in [3.63, 3.8) is 0 Å². The van der Waals surface area contributed by atoms with Gasteiger partial charge in [-0.05, 0) is 74.9 Å². The molecule has 6 heteroatoms. The number of carbonyl (C=O) groups excluding carboxylic acids is 2. The monoisotopic (exact) mass is 452 g/mol. The number of halogens is 1. The predicted molar refractivity (Wildman–Crippen MR) is 126 cm³/mol. The highest BCUT2D eigenvalue weighted by molar-refractivity contribution is 5.94. The molecule has 4 rings (SSSR count). The lowest BCUT2D eigenvalue weighted by molar-refractivity contribution is -0.145. The molecule has 0 saturated carbocycles. The number of ether oxygens (including phenoxy) is 1. The summed E-state index contributed by atoms with van der Waals surface area (Å²) in [5.41, 5.74) is 1.28. The van der Waals surface area contributed by atoms with E-state index in [0.29, 0.717) is 51.2 Å². The molecule has 2 amide bonds. The molecule has 2 heterocycles.